The van der Waals surface area contributed by atoms with Crippen molar-refractivity contribution in [2.45, 2.75) is 26.2 Å². The lowest BCUT2D eigenvalue weighted by molar-refractivity contribution is -0.148. The van der Waals surface area contributed by atoms with Crippen LogP contribution in [0.3, 0.4) is 0 Å². The van der Waals surface area contributed by atoms with E-state index < -0.39 is 24.0 Å². The van der Waals surface area contributed by atoms with E-state index in [-0.39, 0.29) is 31.5 Å². The van der Waals surface area contributed by atoms with Crippen LogP contribution in [-0.4, -0.2) is 54.2 Å². The molecule has 2 amide bonds. The van der Waals surface area contributed by atoms with Gasteiger partial charge in [-0.1, -0.05) is 68.3 Å². The van der Waals surface area contributed by atoms with E-state index in [1.54, 1.807) is 13.8 Å². The van der Waals surface area contributed by atoms with Crippen molar-refractivity contribution >= 4 is 18.0 Å². The fraction of sp³-hybridized carbons (Fsp3) is 0.346. The van der Waals surface area contributed by atoms with Crippen LogP contribution in [0.4, 0.5) is 4.79 Å². The SMILES string of the molecule is C#CCN(CC(=O)O)C(=O)C(C)(C)CCNC(=O)OCC1c2ccccc2-c2ccccc21. The van der Waals surface area contributed by atoms with E-state index in [1.807, 2.05) is 24.3 Å². The number of terminal acetylenes is 1. The zero-order chi connectivity index (χ0) is 24.0. The van der Waals surface area contributed by atoms with Gasteiger partial charge in [-0.3, -0.25) is 9.59 Å². The molecule has 0 radical (unpaired) electrons. The molecule has 2 aromatic carbocycles. The number of amides is 2. The lowest BCUT2D eigenvalue weighted by atomic mass is 9.87. The number of ether oxygens (including phenoxy) is 1. The Morgan fingerprint density at radius 2 is 1.67 bits per heavy atom. The smallest absolute Gasteiger partial charge is 0.407 e. The van der Waals surface area contributed by atoms with E-state index in [2.05, 4.69) is 35.5 Å². The molecule has 33 heavy (non-hydrogen) atoms. The van der Waals surface area contributed by atoms with Crippen molar-refractivity contribution in [3.8, 4) is 23.5 Å². The Morgan fingerprint density at radius 1 is 1.09 bits per heavy atom. The number of carbonyl (C=O) groups excluding carboxylic acids is 2. The Hall–Kier alpha value is -3.79. The lowest BCUT2D eigenvalue weighted by Crippen LogP contribution is -2.45. The van der Waals surface area contributed by atoms with Crippen LogP contribution in [0.25, 0.3) is 11.1 Å². The molecule has 0 fully saturated rings. The minimum Gasteiger partial charge on any atom is -0.480 e. The number of fused-ring (bicyclic) bond motifs is 3. The fourth-order valence-electron chi connectivity index (χ4n) is 4.13. The molecule has 172 valence electrons. The molecule has 0 heterocycles. The molecular weight excluding hydrogens is 420 g/mol. The van der Waals surface area contributed by atoms with Gasteiger partial charge in [0.05, 0.1) is 6.54 Å². The number of aliphatic carboxylic acids is 1. The van der Waals surface area contributed by atoms with Crippen LogP contribution < -0.4 is 5.32 Å². The van der Waals surface area contributed by atoms with Crippen LogP contribution in [0.1, 0.15) is 37.3 Å². The molecular formula is C26H28N2O5. The highest BCUT2D eigenvalue weighted by Crippen LogP contribution is 2.44. The molecule has 0 atom stereocenters. The standard InChI is InChI=1S/C26H28N2O5/c1-4-15-28(16-23(29)30)24(31)26(2,3)13-14-27-25(32)33-17-22-20-11-7-5-9-18(20)19-10-6-8-12-21(19)22/h1,5-12,22H,13-17H2,2-3H3,(H,27,32)(H,29,30). The van der Waals surface area contributed by atoms with Gasteiger partial charge in [0, 0.05) is 17.9 Å². The van der Waals surface area contributed by atoms with Crippen molar-refractivity contribution in [1.29, 1.82) is 0 Å². The summed E-state index contributed by atoms with van der Waals surface area (Å²) in [5.41, 5.74) is 3.67. The summed E-state index contributed by atoms with van der Waals surface area (Å²) in [5.74, 6) is 0.766. The Labute approximate surface area is 193 Å². The first kappa shape index (κ1) is 23.9. The summed E-state index contributed by atoms with van der Waals surface area (Å²) in [7, 11) is 0. The van der Waals surface area contributed by atoms with Crippen LogP contribution in [0, 0.1) is 17.8 Å². The maximum Gasteiger partial charge on any atom is 0.407 e. The number of alkyl carbamates (subject to hydrolysis) is 1. The van der Waals surface area contributed by atoms with Gasteiger partial charge in [0.15, 0.2) is 0 Å². The molecule has 0 unspecified atom stereocenters. The number of nitrogens with one attached hydrogen (secondary N) is 1. The van der Waals surface area contributed by atoms with Crippen molar-refractivity contribution in [3.05, 3.63) is 59.7 Å². The lowest BCUT2D eigenvalue weighted by Gasteiger charge is -2.30. The van der Waals surface area contributed by atoms with Crippen molar-refractivity contribution in [3.63, 3.8) is 0 Å². The Morgan fingerprint density at radius 3 is 2.21 bits per heavy atom. The highest BCUT2D eigenvalue weighted by atomic mass is 16.5. The van der Waals surface area contributed by atoms with Crippen molar-refractivity contribution in [2.24, 2.45) is 5.41 Å². The molecule has 2 N–H and O–H groups in total. The second kappa shape index (κ2) is 10.2. The van der Waals surface area contributed by atoms with Crippen LogP contribution in [0.2, 0.25) is 0 Å². The van der Waals surface area contributed by atoms with E-state index in [9.17, 15) is 14.4 Å². The average Bonchev–Trinajstić information content (AvgIpc) is 3.10. The molecule has 2 aromatic rings. The van der Waals surface area contributed by atoms with Gasteiger partial charge in [0.2, 0.25) is 5.91 Å². The Balaban J connectivity index is 1.53. The second-order valence-corrected chi connectivity index (χ2v) is 8.65. The second-order valence-electron chi connectivity index (χ2n) is 8.65. The molecule has 0 saturated carbocycles. The van der Waals surface area contributed by atoms with E-state index in [4.69, 9.17) is 16.3 Å². The maximum atomic E-state index is 12.7. The quantitative estimate of drug-likeness (QED) is 0.573. The molecule has 0 spiro atoms. The molecule has 7 heteroatoms. The number of hydrogen-bond donors (Lipinski definition) is 2. The number of rotatable bonds is 9. The summed E-state index contributed by atoms with van der Waals surface area (Å²) in [4.78, 5) is 37.2. The summed E-state index contributed by atoms with van der Waals surface area (Å²) in [5, 5.41) is 11.7. The summed E-state index contributed by atoms with van der Waals surface area (Å²) in [6.45, 7) is 3.24. The van der Waals surface area contributed by atoms with Crippen molar-refractivity contribution in [1.82, 2.24) is 10.2 Å². The number of hydrogen-bond acceptors (Lipinski definition) is 4. The van der Waals surface area contributed by atoms with Crippen LogP contribution in [0.15, 0.2) is 48.5 Å². The molecule has 0 bridgehead atoms. The summed E-state index contributed by atoms with van der Waals surface area (Å²) < 4.78 is 5.50. The first-order chi connectivity index (χ1) is 15.7. The normalized spacial score (nSPS) is 12.3. The zero-order valence-electron chi connectivity index (χ0n) is 18.8. The summed E-state index contributed by atoms with van der Waals surface area (Å²) >= 11 is 0. The van der Waals surface area contributed by atoms with E-state index in [1.165, 1.54) is 0 Å². The Bertz CT molecular complexity index is 1040. The number of carboxylic acid groups (broad SMARTS) is 1. The number of carbonyl (C=O) groups is 3. The maximum absolute atomic E-state index is 12.7. The van der Waals surface area contributed by atoms with Gasteiger partial charge >= 0.3 is 12.1 Å². The van der Waals surface area contributed by atoms with Crippen LogP contribution in [0.5, 0.6) is 0 Å². The highest BCUT2D eigenvalue weighted by Gasteiger charge is 2.33. The molecule has 0 saturated heterocycles. The van der Waals surface area contributed by atoms with E-state index in [0.29, 0.717) is 6.42 Å². The minimum absolute atomic E-state index is 0.0329. The monoisotopic (exact) mass is 448 g/mol. The summed E-state index contributed by atoms with van der Waals surface area (Å²) in [6, 6.07) is 16.2. The molecule has 0 aliphatic heterocycles. The predicted octanol–water partition coefficient (Wildman–Crippen LogP) is 3.49. The third-order valence-corrected chi connectivity index (χ3v) is 5.84. The first-order valence-corrected chi connectivity index (χ1v) is 10.8. The number of nitrogens with zero attached hydrogens (tertiary/aromatic N) is 1. The van der Waals surface area contributed by atoms with Gasteiger partial charge in [-0.15, -0.1) is 6.42 Å². The van der Waals surface area contributed by atoms with Crippen molar-refractivity contribution < 1.29 is 24.2 Å². The number of carboxylic acids is 1. The van der Waals surface area contributed by atoms with Gasteiger partial charge in [0.25, 0.3) is 0 Å². The van der Waals surface area contributed by atoms with Crippen LogP contribution in [-0.2, 0) is 14.3 Å². The Kier molecular flexibility index (Phi) is 7.39. The van der Waals surface area contributed by atoms with Crippen molar-refractivity contribution in [2.75, 3.05) is 26.2 Å². The van der Waals surface area contributed by atoms with E-state index in [0.717, 1.165) is 27.2 Å². The molecule has 0 aromatic heterocycles. The summed E-state index contributed by atoms with van der Waals surface area (Å²) in [6.07, 6.45) is 5.00. The first-order valence-electron chi connectivity index (χ1n) is 10.8. The van der Waals surface area contributed by atoms with Gasteiger partial charge in [0.1, 0.15) is 13.2 Å². The molecule has 7 nitrogen and oxygen atoms in total. The van der Waals surface area contributed by atoms with Gasteiger partial charge in [-0.2, -0.15) is 0 Å². The topological polar surface area (TPSA) is 95.9 Å². The average molecular weight is 449 g/mol. The third-order valence-electron chi connectivity index (χ3n) is 5.84. The third kappa shape index (κ3) is 5.53. The molecule has 3 rings (SSSR count). The zero-order valence-corrected chi connectivity index (χ0v) is 18.8. The minimum atomic E-state index is -1.13. The van der Waals surface area contributed by atoms with Gasteiger partial charge in [-0.05, 0) is 28.7 Å². The van der Waals surface area contributed by atoms with Crippen LogP contribution >= 0.6 is 0 Å². The highest BCUT2D eigenvalue weighted by molar-refractivity contribution is 5.85. The molecule has 1 aliphatic carbocycles. The molecule has 1 aliphatic rings. The largest absolute Gasteiger partial charge is 0.480 e. The van der Waals surface area contributed by atoms with Gasteiger partial charge < -0.3 is 20.1 Å². The van der Waals surface area contributed by atoms with E-state index >= 15 is 0 Å². The van der Waals surface area contributed by atoms with Gasteiger partial charge in [-0.25, -0.2) is 4.79 Å². The number of benzene rings is 2. The predicted molar refractivity (Wildman–Crippen MR) is 125 cm³/mol. The fourth-order valence-corrected chi connectivity index (χ4v) is 4.13.